The van der Waals surface area contributed by atoms with E-state index in [-0.39, 0.29) is 17.7 Å². The van der Waals surface area contributed by atoms with Gasteiger partial charge in [-0.1, -0.05) is 47.2 Å². The molecule has 4 aromatic rings. The number of benzene rings is 2. The number of fused-ring (bicyclic) bond motifs is 1. The molecule has 0 unspecified atom stereocenters. The van der Waals surface area contributed by atoms with Crippen LogP contribution in [0.4, 0.5) is 4.39 Å². The number of carbonyl (C=O) groups excluding carboxylic acids is 1. The van der Waals surface area contributed by atoms with Crippen molar-refractivity contribution in [2.75, 3.05) is 0 Å². The van der Waals surface area contributed by atoms with Gasteiger partial charge in [0.15, 0.2) is 0 Å². The molecule has 29 heavy (non-hydrogen) atoms. The van der Waals surface area contributed by atoms with Crippen LogP contribution in [0.5, 0.6) is 0 Å². The summed E-state index contributed by atoms with van der Waals surface area (Å²) in [6.07, 6.45) is 0. The molecule has 0 fully saturated rings. The summed E-state index contributed by atoms with van der Waals surface area (Å²) in [5.74, 6) is -0.904. The average molecular weight is 429 g/mol. The van der Waals surface area contributed by atoms with E-state index in [1.165, 1.54) is 40.1 Å². The van der Waals surface area contributed by atoms with Gasteiger partial charge in [-0.25, -0.2) is 9.37 Å². The molecule has 0 aliphatic carbocycles. The van der Waals surface area contributed by atoms with Crippen LogP contribution in [0, 0.1) is 12.7 Å². The Morgan fingerprint density at radius 2 is 2.03 bits per heavy atom. The van der Waals surface area contributed by atoms with Crippen molar-refractivity contribution < 1.29 is 9.18 Å². The van der Waals surface area contributed by atoms with Crippen LogP contribution in [0.1, 0.15) is 21.6 Å². The Morgan fingerprint density at radius 1 is 1.24 bits per heavy atom. The number of aryl methyl sites for hydroxylation is 1. The topological polar surface area (TPSA) is 76.4 Å². The molecule has 0 aliphatic heterocycles. The van der Waals surface area contributed by atoms with Crippen LogP contribution in [-0.4, -0.2) is 20.5 Å². The lowest BCUT2D eigenvalue weighted by atomic mass is 10.1. The molecule has 1 N–H and O–H groups in total. The fourth-order valence-electron chi connectivity index (χ4n) is 2.70. The first-order valence-corrected chi connectivity index (χ1v) is 9.81. The zero-order valence-electron chi connectivity index (χ0n) is 15.1. The summed E-state index contributed by atoms with van der Waals surface area (Å²) < 4.78 is 14.8. The monoisotopic (exact) mass is 428 g/mol. The van der Waals surface area contributed by atoms with Crippen molar-refractivity contribution in [2.24, 2.45) is 0 Å². The highest BCUT2D eigenvalue weighted by molar-refractivity contribution is 7.19. The largest absolute Gasteiger partial charge is 0.346 e. The van der Waals surface area contributed by atoms with Crippen LogP contribution in [-0.2, 0) is 6.54 Å². The zero-order chi connectivity index (χ0) is 20.5. The number of aromatic nitrogens is 3. The van der Waals surface area contributed by atoms with E-state index in [0.717, 1.165) is 0 Å². The Balaban J connectivity index is 1.58. The highest BCUT2D eigenvalue weighted by Crippen LogP contribution is 2.30. The molecule has 0 bridgehead atoms. The van der Waals surface area contributed by atoms with Gasteiger partial charge < -0.3 is 5.32 Å². The van der Waals surface area contributed by atoms with Crippen molar-refractivity contribution in [3.8, 4) is 10.6 Å². The third-order valence-electron chi connectivity index (χ3n) is 4.27. The molecule has 6 nitrogen and oxygen atoms in total. The lowest BCUT2D eigenvalue weighted by Crippen LogP contribution is -2.25. The van der Waals surface area contributed by atoms with Gasteiger partial charge in [-0.05, 0) is 30.7 Å². The molecule has 2 aromatic carbocycles. The molecule has 0 saturated heterocycles. The standard InChI is InChI=1S/C20H14ClFN4O2S/c1-11-6-7-12(8-16(11)22)18(28)23-10-13-9-17(27)26-20(24-13)29-19(25-26)14-4-2-3-5-15(14)21/h2-9H,10H2,1H3,(H,23,28). The quantitative estimate of drug-likeness (QED) is 0.535. The first-order valence-electron chi connectivity index (χ1n) is 8.61. The van der Waals surface area contributed by atoms with Crippen molar-refractivity contribution in [3.05, 3.63) is 86.5 Å². The van der Waals surface area contributed by atoms with Crippen molar-refractivity contribution >= 4 is 33.8 Å². The molecule has 2 aromatic heterocycles. The summed E-state index contributed by atoms with van der Waals surface area (Å²) in [7, 11) is 0. The number of halogens is 2. The molecule has 0 atom stereocenters. The number of rotatable bonds is 4. The molecule has 4 rings (SSSR count). The van der Waals surface area contributed by atoms with E-state index in [2.05, 4.69) is 15.4 Å². The lowest BCUT2D eigenvalue weighted by Gasteiger charge is -2.06. The number of carbonyl (C=O) groups is 1. The van der Waals surface area contributed by atoms with Gasteiger partial charge in [0, 0.05) is 17.2 Å². The van der Waals surface area contributed by atoms with E-state index in [1.54, 1.807) is 13.0 Å². The van der Waals surface area contributed by atoms with Gasteiger partial charge in [0.25, 0.3) is 11.5 Å². The summed E-state index contributed by atoms with van der Waals surface area (Å²) in [6.45, 7) is 1.65. The molecule has 0 aliphatic rings. The van der Waals surface area contributed by atoms with Gasteiger partial charge in [0.05, 0.1) is 17.3 Å². The number of nitrogens with zero attached hydrogens (tertiary/aromatic N) is 3. The molecule has 0 radical (unpaired) electrons. The Labute approximate surface area is 173 Å². The number of amides is 1. The predicted octanol–water partition coefficient (Wildman–Crippen LogP) is 3.85. The van der Waals surface area contributed by atoms with Crippen molar-refractivity contribution in [3.63, 3.8) is 0 Å². The predicted molar refractivity (Wildman–Crippen MR) is 110 cm³/mol. The van der Waals surface area contributed by atoms with Gasteiger partial charge in [-0.3, -0.25) is 9.59 Å². The molecule has 2 heterocycles. The van der Waals surface area contributed by atoms with Gasteiger partial charge in [0.1, 0.15) is 10.8 Å². The maximum atomic E-state index is 13.6. The second-order valence-corrected chi connectivity index (χ2v) is 7.68. The summed E-state index contributed by atoms with van der Waals surface area (Å²) in [5.41, 5.74) is 1.38. The van der Waals surface area contributed by atoms with Gasteiger partial charge in [-0.2, -0.15) is 9.61 Å². The van der Waals surface area contributed by atoms with Crippen LogP contribution < -0.4 is 10.9 Å². The van der Waals surface area contributed by atoms with Crippen molar-refractivity contribution in [1.82, 2.24) is 19.9 Å². The average Bonchev–Trinajstić information content (AvgIpc) is 3.13. The highest BCUT2D eigenvalue weighted by Gasteiger charge is 2.14. The molecule has 0 saturated carbocycles. The van der Waals surface area contributed by atoms with E-state index < -0.39 is 11.7 Å². The summed E-state index contributed by atoms with van der Waals surface area (Å²) in [5, 5.41) is 8.03. The highest BCUT2D eigenvalue weighted by atomic mass is 35.5. The summed E-state index contributed by atoms with van der Waals surface area (Å²) >= 11 is 7.43. The van der Waals surface area contributed by atoms with Crippen LogP contribution >= 0.6 is 22.9 Å². The van der Waals surface area contributed by atoms with Gasteiger partial charge >= 0.3 is 0 Å². The second kappa shape index (κ2) is 7.73. The first-order chi connectivity index (χ1) is 13.9. The van der Waals surface area contributed by atoms with E-state index >= 15 is 0 Å². The molecule has 9 heteroatoms. The fourth-order valence-corrected chi connectivity index (χ4v) is 3.94. The first kappa shape index (κ1) is 19.2. The van der Waals surface area contributed by atoms with Crippen molar-refractivity contribution in [2.45, 2.75) is 13.5 Å². The number of hydrogen-bond donors (Lipinski definition) is 1. The molecule has 0 spiro atoms. The van der Waals surface area contributed by atoms with Crippen LogP contribution in [0.3, 0.4) is 0 Å². The smallest absolute Gasteiger partial charge is 0.275 e. The number of hydrogen-bond acceptors (Lipinski definition) is 5. The fraction of sp³-hybridized carbons (Fsp3) is 0.100. The molecular formula is C20H14ClFN4O2S. The van der Waals surface area contributed by atoms with E-state index in [4.69, 9.17) is 11.6 Å². The van der Waals surface area contributed by atoms with Gasteiger partial charge in [-0.15, -0.1) is 0 Å². The Hall–Kier alpha value is -3.10. The SMILES string of the molecule is Cc1ccc(C(=O)NCc2cc(=O)n3nc(-c4ccccc4Cl)sc3n2)cc1F. The third kappa shape index (κ3) is 3.90. The Morgan fingerprint density at radius 3 is 2.79 bits per heavy atom. The van der Waals surface area contributed by atoms with Crippen LogP contribution in [0.15, 0.2) is 53.3 Å². The summed E-state index contributed by atoms with van der Waals surface area (Å²) in [4.78, 5) is 29.4. The molecule has 146 valence electrons. The van der Waals surface area contributed by atoms with Gasteiger partial charge in [0.2, 0.25) is 4.96 Å². The summed E-state index contributed by atoms with van der Waals surface area (Å²) in [6, 6.07) is 12.8. The Bertz CT molecular complexity index is 1300. The minimum absolute atomic E-state index is 0.0272. The Kier molecular flexibility index (Phi) is 5.12. The number of nitrogens with one attached hydrogen (secondary N) is 1. The van der Waals surface area contributed by atoms with Crippen molar-refractivity contribution in [1.29, 1.82) is 0 Å². The van der Waals surface area contributed by atoms with E-state index in [1.807, 2.05) is 18.2 Å². The minimum Gasteiger partial charge on any atom is -0.346 e. The second-order valence-electron chi connectivity index (χ2n) is 6.31. The van der Waals surface area contributed by atoms with Crippen LogP contribution in [0.2, 0.25) is 5.02 Å². The third-order valence-corrected chi connectivity index (χ3v) is 5.54. The minimum atomic E-state index is -0.452. The lowest BCUT2D eigenvalue weighted by molar-refractivity contribution is 0.0950. The molecular weight excluding hydrogens is 415 g/mol. The zero-order valence-corrected chi connectivity index (χ0v) is 16.7. The maximum absolute atomic E-state index is 13.6. The van der Waals surface area contributed by atoms with E-state index in [0.29, 0.717) is 31.8 Å². The normalized spacial score (nSPS) is 11.0. The van der Waals surface area contributed by atoms with E-state index in [9.17, 15) is 14.0 Å². The molecule has 1 amide bonds. The van der Waals surface area contributed by atoms with Crippen LogP contribution in [0.25, 0.3) is 15.5 Å². The maximum Gasteiger partial charge on any atom is 0.275 e.